The molecule has 1 amide bonds. The van der Waals surface area contributed by atoms with E-state index >= 15 is 0 Å². The zero-order valence-corrected chi connectivity index (χ0v) is 17.3. The topological polar surface area (TPSA) is 68.0 Å². The zero-order valence-electron chi connectivity index (χ0n) is 17.3. The van der Waals surface area contributed by atoms with Gasteiger partial charge in [-0.25, -0.2) is 0 Å². The number of oxazole rings is 1. The Labute approximate surface area is 175 Å². The molecule has 30 heavy (non-hydrogen) atoms. The van der Waals surface area contributed by atoms with E-state index in [-0.39, 0.29) is 11.9 Å². The average molecular weight is 407 g/mol. The highest BCUT2D eigenvalue weighted by molar-refractivity contribution is 5.86. The highest BCUT2D eigenvalue weighted by atomic mass is 16.5. The summed E-state index contributed by atoms with van der Waals surface area (Å²) in [5, 5.41) is 0. The number of hydrogen-bond donors (Lipinski definition) is 0. The lowest BCUT2D eigenvalue weighted by Crippen LogP contribution is -2.47. The summed E-state index contributed by atoms with van der Waals surface area (Å²) in [6.45, 7) is 2.05. The number of para-hydroxylation sites is 2. The van der Waals surface area contributed by atoms with Gasteiger partial charge in [-0.1, -0.05) is 12.1 Å². The lowest BCUT2D eigenvalue weighted by atomic mass is 9.98. The number of ether oxygens (including phenoxy) is 2. The van der Waals surface area contributed by atoms with Crippen LogP contribution in [0, 0.1) is 0 Å². The monoisotopic (exact) mass is 407 g/mol. The molecule has 2 aromatic carbocycles. The number of methoxy groups -OCH3 is 2. The lowest BCUT2D eigenvalue weighted by molar-refractivity contribution is -0.133. The number of carbonyl (C=O) groups is 1. The van der Waals surface area contributed by atoms with E-state index in [0.717, 1.165) is 48.2 Å². The summed E-state index contributed by atoms with van der Waals surface area (Å²) in [5.41, 5.74) is 3.88. The average Bonchev–Trinajstić information content (AvgIpc) is 3.43. The molecule has 3 aromatic rings. The number of hydrogen-bond acceptors (Lipinski definition) is 6. The van der Waals surface area contributed by atoms with Gasteiger partial charge >= 0.3 is 0 Å². The molecule has 0 aliphatic carbocycles. The van der Waals surface area contributed by atoms with Crippen LogP contribution in [0.15, 0.2) is 40.8 Å². The van der Waals surface area contributed by atoms with Crippen molar-refractivity contribution in [3.63, 3.8) is 0 Å². The molecule has 0 radical (unpaired) electrons. The van der Waals surface area contributed by atoms with Crippen molar-refractivity contribution in [2.24, 2.45) is 0 Å². The van der Waals surface area contributed by atoms with Gasteiger partial charge in [-0.15, -0.1) is 0 Å². The van der Waals surface area contributed by atoms with Gasteiger partial charge in [0.1, 0.15) is 11.6 Å². The van der Waals surface area contributed by atoms with E-state index in [1.807, 2.05) is 46.2 Å². The Balaban J connectivity index is 1.38. The van der Waals surface area contributed by atoms with Gasteiger partial charge in [-0.2, -0.15) is 4.98 Å². The first-order chi connectivity index (χ1) is 14.7. The predicted octanol–water partition coefficient (Wildman–Crippen LogP) is 3.40. The molecule has 2 aliphatic heterocycles. The number of anilines is 1. The van der Waals surface area contributed by atoms with Crippen molar-refractivity contribution in [3.05, 3.63) is 47.5 Å². The molecule has 3 heterocycles. The normalized spacial score (nSPS) is 18.5. The minimum absolute atomic E-state index is 0.134. The first-order valence-electron chi connectivity index (χ1n) is 10.3. The van der Waals surface area contributed by atoms with Gasteiger partial charge in [-0.3, -0.25) is 4.79 Å². The molecule has 1 unspecified atom stereocenters. The Morgan fingerprint density at radius 1 is 1.10 bits per heavy atom. The van der Waals surface area contributed by atoms with Gasteiger partial charge < -0.3 is 23.7 Å². The van der Waals surface area contributed by atoms with Crippen LogP contribution in [0.3, 0.4) is 0 Å². The van der Waals surface area contributed by atoms with E-state index in [1.54, 1.807) is 14.2 Å². The van der Waals surface area contributed by atoms with Crippen molar-refractivity contribution in [1.29, 1.82) is 0 Å². The predicted molar refractivity (Wildman–Crippen MR) is 113 cm³/mol. The van der Waals surface area contributed by atoms with Crippen LogP contribution in [0.2, 0.25) is 0 Å². The van der Waals surface area contributed by atoms with E-state index in [9.17, 15) is 4.79 Å². The van der Waals surface area contributed by atoms with Gasteiger partial charge in [0.25, 0.3) is 6.01 Å². The minimum atomic E-state index is -0.236. The number of nitrogens with zero attached hydrogens (tertiary/aromatic N) is 3. The second-order valence-electron chi connectivity index (χ2n) is 7.80. The van der Waals surface area contributed by atoms with E-state index < -0.39 is 0 Å². The molecule has 7 heteroatoms. The number of rotatable bonds is 4. The third kappa shape index (κ3) is 3.14. The van der Waals surface area contributed by atoms with Crippen LogP contribution < -0.4 is 14.4 Å². The third-order valence-corrected chi connectivity index (χ3v) is 6.10. The molecule has 156 valence electrons. The summed E-state index contributed by atoms with van der Waals surface area (Å²) in [6.07, 6.45) is 2.56. The van der Waals surface area contributed by atoms with Crippen molar-refractivity contribution < 1.29 is 18.7 Å². The second kappa shape index (κ2) is 7.55. The van der Waals surface area contributed by atoms with Crippen molar-refractivity contribution in [2.45, 2.75) is 31.8 Å². The van der Waals surface area contributed by atoms with Gasteiger partial charge in [0.05, 0.1) is 14.2 Å². The van der Waals surface area contributed by atoms with E-state index in [0.29, 0.717) is 24.9 Å². The maximum atomic E-state index is 13.4. The lowest BCUT2D eigenvalue weighted by Gasteiger charge is -2.33. The Hall–Kier alpha value is -3.22. The second-order valence-corrected chi connectivity index (χ2v) is 7.80. The fraction of sp³-hybridized carbons (Fsp3) is 0.391. The van der Waals surface area contributed by atoms with Gasteiger partial charge in [-0.05, 0) is 54.7 Å². The maximum absolute atomic E-state index is 13.4. The van der Waals surface area contributed by atoms with Crippen molar-refractivity contribution in [2.75, 3.05) is 32.2 Å². The molecule has 7 nitrogen and oxygen atoms in total. The number of amides is 1. The van der Waals surface area contributed by atoms with Crippen LogP contribution in [-0.2, 0) is 17.8 Å². The van der Waals surface area contributed by atoms with E-state index in [1.165, 1.54) is 5.56 Å². The standard InChI is InChI=1S/C23H25N3O4/c1-28-20-12-15-9-11-25(14-16(15)13-21(20)29-2)22(27)18-7-5-10-26(18)23-24-17-6-3-4-8-19(17)30-23/h3-4,6,8,12-13,18H,5,7,9-11,14H2,1-2H3. The maximum Gasteiger partial charge on any atom is 0.299 e. The molecule has 1 aromatic heterocycles. The smallest absolute Gasteiger partial charge is 0.299 e. The Morgan fingerprint density at radius 3 is 2.63 bits per heavy atom. The molecular formula is C23H25N3O4. The fourth-order valence-electron chi connectivity index (χ4n) is 4.52. The summed E-state index contributed by atoms with van der Waals surface area (Å²) >= 11 is 0. The molecule has 0 spiro atoms. The van der Waals surface area contributed by atoms with Crippen molar-refractivity contribution in [3.8, 4) is 11.5 Å². The molecular weight excluding hydrogens is 382 g/mol. The summed E-state index contributed by atoms with van der Waals surface area (Å²) in [5.74, 6) is 1.56. The highest BCUT2D eigenvalue weighted by Gasteiger charge is 2.37. The Morgan fingerprint density at radius 2 is 1.87 bits per heavy atom. The highest BCUT2D eigenvalue weighted by Crippen LogP contribution is 2.34. The number of aromatic nitrogens is 1. The van der Waals surface area contributed by atoms with E-state index in [2.05, 4.69) is 4.98 Å². The molecule has 1 fully saturated rings. The van der Waals surface area contributed by atoms with Gasteiger partial charge in [0.2, 0.25) is 5.91 Å². The van der Waals surface area contributed by atoms with E-state index in [4.69, 9.17) is 13.9 Å². The molecule has 1 atom stereocenters. The number of carbonyl (C=O) groups excluding carboxylic acids is 1. The number of benzene rings is 2. The van der Waals surface area contributed by atoms with Crippen LogP contribution in [-0.4, -0.2) is 49.1 Å². The van der Waals surface area contributed by atoms with Crippen LogP contribution in [0.1, 0.15) is 24.0 Å². The minimum Gasteiger partial charge on any atom is -0.493 e. The molecule has 2 aliphatic rings. The summed E-state index contributed by atoms with van der Waals surface area (Å²) < 4.78 is 16.8. The number of fused-ring (bicyclic) bond motifs is 2. The molecule has 1 saturated heterocycles. The SMILES string of the molecule is COc1cc2c(cc1OC)CN(C(=O)C1CCCN1c1nc3ccccc3o1)CC2. The summed E-state index contributed by atoms with van der Waals surface area (Å²) in [7, 11) is 3.27. The molecule has 0 bridgehead atoms. The molecule has 0 saturated carbocycles. The third-order valence-electron chi connectivity index (χ3n) is 6.10. The summed E-state index contributed by atoms with van der Waals surface area (Å²) in [6, 6.07) is 12.0. The van der Waals surface area contributed by atoms with Crippen molar-refractivity contribution >= 4 is 23.0 Å². The quantitative estimate of drug-likeness (QED) is 0.660. The molecule has 5 rings (SSSR count). The first-order valence-corrected chi connectivity index (χ1v) is 10.3. The van der Waals surface area contributed by atoms with Gasteiger partial charge in [0.15, 0.2) is 17.1 Å². The van der Waals surface area contributed by atoms with Crippen LogP contribution in [0.5, 0.6) is 11.5 Å². The van der Waals surface area contributed by atoms with Crippen molar-refractivity contribution in [1.82, 2.24) is 9.88 Å². The Bertz CT molecular complexity index is 1060. The van der Waals surface area contributed by atoms with Gasteiger partial charge in [0, 0.05) is 19.6 Å². The fourth-order valence-corrected chi connectivity index (χ4v) is 4.52. The summed E-state index contributed by atoms with van der Waals surface area (Å²) in [4.78, 5) is 22.0. The largest absolute Gasteiger partial charge is 0.493 e. The van der Waals surface area contributed by atoms with Crippen LogP contribution >= 0.6 is 0 Å². The Kier molecular flexibility index (Phi) is 4.73. The zero-order chi connectivity index (χ0) is 20.7. The van der Waals surface area contributed by atoms with Crippen LogP contribution in [0.25, 0.3) is 11.1 Å². The van der Waals surface area contributed by atoms with Crippen LogP contribution in [0.4, 0.5) is 6.01 Å². The molecule has 0 N–H and O–H groups in total. The first kappa shape index (κ1) is 18.8.